The molecular weight excluding hydrogens is 292 g/mol. The number of hydrogen-bond acceptors (Lipinski definition) is 3. The molecule has 0 spiro atoms. The molecule has 0 amide bonds. The molecule has 0 saturated heterocycles. The smallest absolute Gasteiger partial charge is 0.159 e. The Morgan fingerprint density at radius 3 is 2.63 bits per heavy atom. The molecule has 98 valence electrons. The molecule has 0 bridgehead atoms. The number of nitrogens with zero attached hydrogens (tertiary/aromatic N) is 2. The lowest BCUT2D eigenvalue weighted by Crippen LogP contribution is -2.20. The third-order valence-corrected chi connectivity index (χ3v) is 2.76. The second kappa shape index (κ2) is 5.97. The van der Waals surface area contributed by atoms with Crippen LogP contribution in [0.5, 0.6) is 0 Å². The Morgan fingerprint density at radius 1 is 1.26 bits per heavy atom. The SMILES string of the molecule is ONC(=Nc1ccc(F)c(Cl)c1)c1ccc(Cl)nc1. The molecular formula is C12H8Cl2FN3O. The molecule has 0 atom stereocenters. The van der Waals surface area contributed by atoms with Crippen LogP contribution in [0.25, 0.3) is 0 Å². The zero-order valence-electron chi connectivity index (χ0n) is 9.44. The van der Waals surface area contributed by atoms with Gasteiger partial charge in [0, 0.05) is 11.8 Å². The molecule has 0 unspecified atom stereocenters. The van der Waals surface area contributed by atoms with E-state index in [9.17, 15) is 4.39 Å². The van der Waals surface area contributed by atoms with E-state index in [0.29, 0.717) is 16.4 Å². The monoisotopic (exact) mass is 299 g/mol. The van der Waals surface area contributed by atoms with E-state index in [1.54, 1.807) is 12.1 Å². The number of hydroxylamine groups is 1. The first-order valence-electron chi connectivity index (χ1n) is 5.16. The Labute approximate surface area is 118 Å². The van der Waals surface area contributed by atoms with Crippen molar-refractivity contribution < 1.29 is 9.60 Å². The molecule has 0 aliphatic carbocycles. The van der Waals surface area contributed by atoms with Gasteiger partial charge in [-0.1, -0.05) is 23.2 Å². The van der Waals surface area contributed by atoms with Crippen molar-refractivity contribution in [1.82, 2.24) is 10.5 Å². The Kier molecular flexibility index (Phi) is 4.31. The summed E-state index contributed by atoms with van der Waals surface area (Å²) in [6.45, 7) is 0. The summed E-state index contributed by atoms with van der Waals surface area (Å²) >= 11 is 11.3. The second-order valence-electron chi connectivity index (χ2n) is 3.54. The molecule has 1 aromatic carbocycles. The highest BCUT2D eigenvalue weighted by molar-refractivity contribution is 6.31. The van der Waals surface area contributed by atoms with E-state index in [2.05, 4.69) is 9.98 Å². The Morgan fingerprint density at radius 2 is 2.05 bits per heavy atom. The van der Waals surface area contributed by atoms with Gasteiger partial charge in [-0.15, -0.1) is 0 Å². The van der Waals surface area contributed by atoms with Crippen molar-refractivity contribution in [2.45, 2.75) is 0 Å². The molecule has 1 aromatic heterocycles. The van der Waals surface area contributed by atoms with Gasteiger partial charge in [0.1, 0.15) is 11.0 Å². The average molecular weight is 300 g/mol. The van der Waals surface area contributed by atoms with Gasteiger partial charge in [0.05, 0.1) is 10.7 Å². The lowest BCUT2D eigenvalue weighted by Gasteiger charge is -2.05. The van der Waals surface area contributed by atoms with Crippen LogP contribution in [0.2, 0.25) is 10.2 Å². The molecule has 0 radical (unpaired) electrons. The number of amidine groups is 1. The van der Waals surface area contributed by atoms with Gasteiger partial charge in [0.25, 0.3) is 0 Å². The normalized spacial score (nSPS) is 11.5. The number of hydrogen-bond donors (Lipinski definition) is 2. The fourth-order valence-corrected chi connectivity index (χ4v) is 1.64. The summed E-state index contributed by atoms with van der Waals surface area (Å²) < 4.78 is 13.0. The maximum Gasteiger partial charge on any atom is 0.159 e. The van der Waals surface area contributed by atoms with E-state index in [0.717, 1.165) is 0 Å². The molecule has 7 heteroatoms. The number of aliphatic imine (C=N–C) groups is 1. The third-order valence-electron chi connectivity index (χ3n) is 2.25. The lowest BCUT2D eigenvalue weighted by molar-refractivity contribution is 0.235. The van der Waals surface area contributed by atoms with Crippen LogP contribution < -0.4 is 5.48 Å². The molecule has 0 aliphatic rings. The lowest BCUT2D eigenvalue weighted by atomic mass is 10.2. The molecule has 0 fully saturated rings. The Balaban J connectivity index is 2.37. The minimum atomic E-state index is -0.535. The summed E-state index contributed by atoms with van der Waals surface area (Å²) in [6, 6.07) is 7.15. The second-order valence-corrected chi connectivity index (χ2v) is 4.33. The molecule has 2 aromatic rings. The van der Waals surface area contributed by atoms with Crippen LogP contribution in [0.3, 0.4) is 0 Å². The van der Waals surface area contributed by atoms with E-state index in [4.69, 9.17) is 28.4 Å². The Hall–Kier alpha value is -1.69. The maximum absolute atomic E-state index is 13.0. The summed E-state index contributed by atoms with van der Waals surface area (Å²) in [5.74, 6) is -0.390. The van der Waals surface area contributed by atoms with E-state index in [1.165, 1.54) is 24.4 Å². The minimum absolute atomic E-state index is 0.0484. The Bertz CT molecular complexity index is 617. The van der Waals surface area contributed by atoms with Crippen LogP contribution in [0.1, 0.15) is 5.56 Å². The van der Waals surface area contributed by atoms with Crippen molar-refractivity contribution in [2.75, 3.05) is 0 Å². The quantitative estimate of drug-likeness (QED) is 0.386. The molecule has 0 aliphatic heterocycles. The number of nitrogens with one attached hydrogen (secondary N) is 1. The summed E-state index contributed by atoms with van der Waals surface area (Å²) in [5.41, 5.74) is 2.86. The van der Waals surface area contributed by atoms with Crippen LogP contribution in [0.4, 0.5) is 10.1 Å². The van der Waals surface area contributed by atoms with E-state index < -0.39 is 5.82 Å². The van der Waals surface area contributed by atoms with E-state index >= 15 is 0 Å². The third kappa shape index (κ3) is 3.41. The predicted octanol–water partition coefficient (Wildman–Crippen LogP) is 3.58. The number of rotatable bonds is 2. The van der Waals surface area contributed by atoms with Gasteiger partial charge in [0.2, 0.25) is 0 Å². The van der Waals surface area contributed by atoms with Gasteiger partial charge in [-0.3, -0.25) is 10.7 Å². The number of pyridine rings is 1. The molecule has 4 nitrogen and oxygen atoms in total. The predicted molar refractivity (Wildman–Crippen MR) is 71.8 cm³/mol. The first kappa shape index (κ1) is 13.7. The van der Waals surface area contributed by atoms with Gasteiger partial charge in [-0.25, -0.2) is 14.4 Å². The van der Waals surface area contributed by atoms with Crippen molar-refractivity contribution >= 4 is 34.7 Å². The maximum atomic E-state index is 13.0. The summed E-state index contributed by atoms with van der Waals surface area (Å²) in [6.07, 6.45) is 1.44. The van der Waals surface area contributed by atoms with Crippen LogP contribution in [0, 0.1) is 5.82 Å². The first-order valence-corrected chi connectivity index (χ1v) is 5.91. The largest absolute Gasteiger partial charge is 0.290 e. The van der Waals surface area contributed by atoms with Crippen molar-refractivity contribution in [3.05, 3.63) is 58.1 Å². The van der Waals surface area contributed by atoms with Gasteiger partial charge in [0.15, 0.2) is 5.84 Å². The molecule has 2 rings (SSSR count). The van der Waals surface area contributed by atoms with Crippen molar-refractivity contribution in [2.24, 2.45) is 4.99 Å². The summed E-state index contributed by atoms with van der Waals surface area (Å²) in [7, 11) is 0. The molecule has 19 heavy (non-hydrogen) atoms. The fourth-order valence-electron chi connectivity index (χ4n) is 1.35. The number of aromatic nitrogens is 1. The van der Waals surface area contributed by atoms with Gasteiger partial charge in [-0.05, 0) is 30.3 Å². The highest BCUT2D eigenvalue weighted by Gasteiger charge is 2.05. The average Bonchev–Trinajstić information content (AvgIpc) is 2.41. The topological polar surface area (TPSA) is 57.5 Å². The fraction of sp³-hybridized carbons (Fsp3) is 0. The molecule has 1 heterocycles. The number of benzene rings is 1. The first-order chi connectivity index (χ1) is 9.10. The zero-order valence-corrected chi connectivity index (χ0v) is 11.0. The van der Waals surface area contributed by atoms with Crippen LogP contribution in [-0.2, 0) is 0 Å². The van der Waals surface area contributed by atoms with Crippen molar-refractivity contribution in [3.8, 4) is 0 Å². The highest BCUT2D eigenvalue weighted by atomic mass is 35.5. The summed E-state index contributed by atoms with van der Waals surface area (Å²) in [4.78, 5) is 7.97. The summed E-state index contributed by atoms with van der Waals surface area (Å²) in [5, 5.41) is 9.36. The van der Waals surface area contributed by atoms with Gasteiger partial charge in [-0.2, -0.15) is 0 Å². The minimum Gasteiger partial charge on any atom is -0.290 e. The van der Waals surface area contributed by atoms with Crippen LogP contribution in [0.15, 0.2) is 41.5 Å². The van der Waals surface area contributed by atoms with Gasteiger partial charge >= 0.3 is 0 Å². The zero-order chi connectivity index (χ0) is 13.8. The molecule has 0 saturated carbocycles. The number of halogens is 3. The van der Waals surface area contributed by atoms with Crippen molar-refractivity contribution in [3.63, 3.8) is 0 Å². The molecule has 2 N–H and O–H groups in total. The van der Waals surface area contributed by atoms with Crippen molar-refractivity contribution in [1.29, 1.82) is 0 Å². The van der Waals surface area contributed by atoms with Crippen LogP contribution in [-0.4, -0.2) is 16.0 Å². The standard InChI is InChI=1S/C12H8Cl2FN3O/c13-9-5-8(2-3-10(9)15)17-12(18-19)7-1-4-11(14)16-6-7/h1-6,19H,(H,17,18). The van der Waals surface area contributed by atoms with Crippen LogP contribution >= 0.6 is 23.2 Å². The highest BCUT2D eigenvalue weighted by Crippen LogP contribution is 2.22. The van der Waals surface area contributed by atoms with Gasteiger partial charge < -0.3 is 0 Å². The van der Waals surface area contributed by atoms with E-state index in [1.807, 2.05) is 5.48 Å². The van der Waals surface area contributed by atoms with E-state index in [-0.39, 0.29) is 10.9 Å².